The number of para-hydroxylation sites is 1. The van der Waals surface area contributed by atoms with Crippen molar-refractivity contribution in [1.29, 1.82) is 0 Å². The molecule has 7 nitrogen and oxygen atoms in total. The first kappa shape index (κ1) is 15.3. The van der Waals surface area contributed by atoms with E-state index in [0.717, 1.165) is 21.1 Å². The Hall–Kier alpha value is -3.26. The van der Waals surface area contributed by atoms with Crippen molar-refractivity contribution in [1.82, 2.24) is 15.2 Å². The van der Waals surface area contributed by atoms with E-state index in [-0.39, 0.29) is 11.8 Å². The molecule has 25 heavy (non-hydrogen) atoms. The SMILES string of the molecule is CC(=O)Nc1ccc2nc(NC(=O)c3n[nH]c4ccccc34)sc2c1. The van der Waals surface area contributed by atoms with Crippen LogP contribution < -0.4 is 10.6 Å². The lowest BCUT2D eigenvalue weighted by atomic mass is 10.2. The zero-order chi connectivity index (χ0) is 17.4. The number of hydrogen-bond acceptors (Lipinski definition) is 5. The number of amides is 2. The molecule has 0 radical (unpaired) electrons. The summed E-state index contributed by atoms with van der Waals surface area (Å²) < 4.78 is 0.869. The topological polar surface area (TPSA) is 99.8 Å². The lowest BCUT2D eigenvalue weighted by Gasteiger charge is -1.99. The van der Waals surface area contributed by atoms with Gasteiger partial charge in [-0.1, -0.05) is 29.5 Å². The molecule has 0 fully saturated rings. The number of hydrogen-bond donors (Lipinski definition) is 3. The van der Waals surface area contributed by atoms with Crippen LogP contribution in [-0.4, -0.2) is 27.0 Å². The summed E-state index contributed by atoms with van der Waals surface area (Å²) in [7, 11) is 0. The Bertz CT molecular complexity index is 1110. The molecule has 124 valence electrons. The Morgan fingerprint density at radius 1 is 1.12 bits per heavy atom. The number of rotatable bonds is 3. The van der Waals surface area contributed by atoms with Crippen LogP contribution in [0, 0.1) is 0 Å². The Morgan fingerprint density at radius 3 is 2.80 bits per heavy atom. The maximum atomic E-state index is 12.5. The van der Waals surface area contributed by atoms with Crippen molar-refractivity contribution >= 4 is 55.1 Å². The summed E-state index contributed by atoms with van der Waals surface area (Å²) in [6, 6.07) is 12.8. The van der Waals surface area contributed by atoms with Crippen LogP contribution in [0.15, 0.2) is 42.5 Å². The standard InChI is InChI=1S/C17H13N5O2S/c1-9(23)18-10-6-7-13-14(8-10)25-17(19-13)20-16(24)15-11-4-2-3-5-12(11)21-22-15/h2-8H,1H3,(H,18,23)(H,21,22)(H,19,20,24). The molecule has 0 aliphatic rings. The van der Waals surface area contributed by atoms with Crippen molar-refractivity contribution in [3.63, 3.8) is 0 Å². The fourth-order valence-corrected chi connectivity index (χ4v) is 3.45. The van der Waals surface area contributed by atoms with Crippen LogP contribution in [-0.2, 0) is 4.79 Å². The predicted octanol–water partition coefficient (Wildman–Crippen LogP) is 3.38. The molecule has 0 aliphatic carbocycles. The van der Waals surface area contributed by atoms with Crippen molar-refractivity contribution in [3.8, 4) is 0 Å². The van der Waals surface area contributed by atoms with E-state index in [9.17, 15) is 9.59 Å². The first-order chi connectivity index (χ1) is 12.1. The maximum absolute atomic E-state index is 12.5. The van der Waals surface area contributed by atoms with E-state index in [0.29, 0.717) is 16.5 Å². The van der Waals surface area contributed by atoms with Gasteiger partial charge >= 0.3 is 0 Å². The maximum Gasteiger partial charge on any atom is 0.278 e. The minimum absolute atomic E-state index is 0.136. The number of benzene rings is 2. The molecular weight excluding hydrogens is 338 g/mol. The number of anilines is 2. The summed E-state index contributed by atoms with van der Waals surface area (Å²) in [5, 5.41) is 13.7. The van der Waals surface area contributed by atoms with Crippen LogP contribution in [0.3, 0.4) is 0 Å². The second kappa shape index (κ2) is 5.99. The third-order valence-electron chi connectivity index (χ3n) is 3.61. The van der Waals surface area contributed by atoms with E-state index in [4.69, 9.17) is 0 Å². The van der Waals surface area contributed by atoms with Gasteiger partial charge in [-0.05, 0) is 24.3 Å². The average Bonchev–Trinajstić information content (AvgIpc) is 3.17. The van der Waals surface area contributed by atoms with Gasteiger partial charge in [0.2, 0.25) is 5.91 Å². The van der Waals surface area contributed by atoms with Gasteiger partial charge < -0.3 is 5.32 Å². The Labute approximate surface area is 146 Å². The summed E-state index contributed by atoms with van der Waals surface area (Å²) in [6.07, 6.45) is 0. The number of thiazole rings is 1. The molecule has 0 aliphatic heterocycles. The third kappa shape index (κ3) is 2.94. The van der Waals surface area contributed by atoms with Crippen LogP contribution in [0.25, 0.3) is 21.1 Å². The number of nitrogens with one attached hydrogen (secondary N) is 3. The lowest BCUT2D eigenvalue weighted by Crippen LogP contribution is -2.12. The van der Waals surface area contributed by atoms with E-state index in [1.54, 1.807) is 12.1 Å². The van der Waals surface area contributed by atoms with Gasteiger partial charge in [0, 0.05) is 18.0 Å². The number of fused-ring (bicyclic) bond motifs is 2. The predicted molar refractivity (Wildman–Crippen MR) is 98.0 cm³/mol. The Morgan fingerprint density at radius 2 is 1.96 bits per heavy atom. The molecule has 4 rings (SSSR count). The van der Waals surface area contributed by atoms with E-state index < -0.39 is 0 Å². The van der Waals surface area contributed by atoms with Gasteiger partial charge in [0.15, 0.2) is 10.8 Å². The zero-order valence-electron chi connectivity index (χ0n) is 13.2. The van der Waals surface area contributed by atoms with E-state index in [1.807, 2.05) is 30.3 Å². The van der Waals surface area contributed by atoms with E-state index in [1.165, 1.54) is 18.3 Å². The zero-order valence-corrected chi connectivity index (χ0v) is 14.0. The monoisotopic (exact) mass is 351 g/mol. The highest BCUT2D eigenvalue weighted by atomic mass is 32.1. The molecule has 0 spiro atoms. The number of aromatic nitrogens is 3. The van der Waals surface area contributed by atoms with Crippen LogP contribution in [0.4, 0.5) is 10.8 Å². The van der Waals surface area contributed by atoms with Crippen LogP contribution in [0.1, 0.15) is 17.4 Å². The first-order valence-corrected chi connectivity index (χ1v) is 8.34. The molecule has 0 atom stereocenters. The summed E-state index contributed by atoms with van der Waals surface area (Å²) in [6.45, 7) is 1.46. The smallest absolute Gasteiger partial charge is 0.278 e. The summed E-state index contributed by atoms with van der Waals surface area (Å²) >= 11 is 1.34. The van der Waals surface area contributed by atoms with Crippen molar-refractivity contribution in [2.24, 2.45) is 0 Å². The first-order valence-electron chi connectivity index (χ1n) is 7.53. The van der Waals surface area contributed by atoms with Crippen LogP contribution in [0.2, 0.25) is 0 Å². The van der Waals surface area contributed by atoms with Gasteiger partial charge in [0.1, 0.15) is 0 Å². The number of H-pyrrole nitrogens is 1. The van der Waals surface area contributed by atoms with Gasteiger partial charge in [-0.15, -0.1) is 0 Å². The van der Waals surface area contributed by atoms with Gasteiger partial charge in [0.05, 0.1) is 15.7 Å². The fraction of sp³-hybridized carbons (Fsp3) is 0.0588. The third-order valence-corrected chi connectivity index (χ3v) is 4.55. The lowest BCUT2D eigenvalue weighted by molar-refractivity contribution is -0.114. The van der Waals surface area contributed by atoms with Crippen LogP contribution >= 0.6 is 11.3 Å². The van der Waals surface area contributed by atoms with Gasteiger partial charge in [-0.3, -0.25) is 20.0 Å². The minimum atomic E-state index is -0.321. The normalized spacial score (nSPS) is 10.9. The Balaban J connectivity index is 1.61. The number of nitrogens with zero attached hydrogens (tertiary/aromatic N) is 2. The molecular formula is C17H13N5O2S. The number of aromatic amines is 1. The highest BCUT2D eigenvalue weighted by Crippen LogP contribution is 2.29. The molecule has 2 aromatic carbocycles. The molecule has 4 aromatic rings. The Kier molecular flexibility index (Phi) is 3.66. The number of carbonyl (C=O) groups excluding carboxylic acids is 2. The molecule has 0 bridgehead atoms. The molecule has 0 unspecified atom stereocenters. The molecule has 2 aromatic heterocycles. The quantitative estimate of drug-likeness (QED) is 0.527. The van der Waals surface area contributed by atoms with Gasteiger partial charge in [-0.2, -0.15) is 5.10 Å². The molecule has 2 heterocycles. The molecule has 8 heteroatoms. The average molecular weight is 351 g/mol. The molecule has 0 saturated heterocycles. The van der Waals surface area contributed by atoms with Crippen molar-refractivity contribution in [2.45, 2.75) is 6.92 Å². The second-order valence-electron chi connectivity index (χ2n) is 5.45. The largest absolute Gasteiger partial charge is 0.326 e. The summed E-state index contributed by atoms with van der Waals surface area (Å²) in [4.78, 5) is 28.0. The molecule has 3 N–H and O–H groups in total. The van der Waals surface area contributed by atoms with Crippen LogP contribution in [0.5, 0.6) is 0 Å². The molecule has 2 amide bonds. The minimum Gasteiger partial charge on any atom is -0.326 e. The van der Waals surface area contributed by atoms with Crippen molar-refractivity contribution < 1.29 is 9.59 Å². The molecule has 0 saturated carbocycles. The number of carbonyl (C=O) groups is 2. The highest BCUT2D eigenvalue weighted by molar-refractivity contribution is 7.22. The summed E-state index contributed by atoms with van der Waals surface area (Å²) in [5.74, 6) is -0.457. The second-order valence-corrected chi connectivity index (χ2v) is 6.49. The van der Waals surface area contributed by atoms with E-state index >= 15 is 0 Å². The van der Waals surface area contributed by atoms with Gasteiger partial charge in [-0.25, -0.2) is 4.98 Å². The fourth-order valence-electron chi connectivity index (χ4n) is 2.55. The van der Waals surface area contributed by atoms with Gasteiger partial charge in [0.25, 0.3) is 5.91 Å². The van der Waals surface area contributed by atoms with Crippen molar-refractivity contribution in [3.05, 3.63) is 48.2 Å². The highest BCUT2D eigenvalue weighted by Gasteiger charge is 2.16. The van der Waals surface area contributed by atoms with Crippen molar-refractivity contribution in [2.75, 3.05) is 10.6 Å². The van der Waals surface area contributed by atoms with E-state index in [2.05, 4.69) is 25.8 Å². The summed E-state index contributed by atoms with van der Waals surface area (Å²) in [5.41, 5.74) is 2.58.